The molecule has 3 aromatic carbocycles. The van der Waals surface area contributed by atoms with E-state index in [4.69, 9.17) is 11.6 Å². The number of rotatable bonds is 5. The molecule has 0 spiro atoms. The molecule has 0 bridgehead atoms. The van der Waals surface area contributed by atoms with Crippen LogP contribution in [-0.2, 0) is 0 Å². The summed E-state index contributed by atoms with van der Waals surface area (Å²) in [6.45, 7) is 3.99. The van der Waals surface area contributed by atoms with Gasteiger partial charge in [-0.1, -0.05) is 41.6 Å². The molecule has 0 saturated heterocycles. The third-order valence-electron chi connectivity index (χ3n) is 5.36. The van der Waals surface area contributed by atoms with Crippen molar-refractivity contribution in [3.63, 3.8) is 0 Å². The van der Waals surface area contributed by atoms with Crippen LogP contribution in [0.1, 0.15) is 21.5 Å². The van der Waals surface area contributed by atoms with Crippen LogP contribution in [-0.4, -0.2) is 30.7 Å². The van der Waals surface area contributed by atoms with Crippen molar-refractivity contribution in [2.24, 2.45) is 0 Å². The Morgan fingerprint density at radius 2 is 1.67 bits per heavy atom. The Morgan fingerprint density at radius 3 is 2.39 bits per heavy atom. The lowest BCUT2D eigenvalue weighted by Gasteiger charge is -2.12. The van der Waals surface area contributed by atoms with Crippen LogP contribution >= 0.6 is 23.4 Å². The van der Waals surface area contributed by atoms with Crippen molar-refractivity contribution in [1.29, 1.82) is 0 Å². The van der Waals surface area contributed by atoms with Gasteiger partial charge in [-0.3, -0.25) is 14.0 Å². The van der Waals surface area contributed by atoms with Gasteiger partial charge in [-0.15, -0.1) is 10.2 Å². The topological polar surface area (TPSA) is 69.3 Å². The number of aryl methyl sites for hydroxylation is 2. The van der Waals surface area contributed by atoms with Gasteiger partial charge in [-0.25, -0.2) is 4.57 Å². The molecule has 0 aliphatic carbocycles. The summed E-state index contributed by atoms with van der Waals surface area (Å²) in [6.07, 6.45) is 0. The molecule has 33 heavy (non-hydrogen) atoms. The summed E-state index contributed by atoms with van der Waals surface area (Å²) < 4.78 is 3.43. The van der Waals surface area contributed by atoms with E-state index < -0.39 is 0 Å². The van der Waals surface area contributed by atoms with Crippen molar-refractivity contribution in [1.82, 2.24) is 19.2 Å². The molecular weight excluding hydrogens is 456 g/mol. The molecule has 2 heterocycles. The highest BCUT2D eigenvalue weighted by Gasteiger charge is 2.19. The Bertz CT molecular complexity index is 1570. The van der Waals surface area contributed by atoms with Gasteiger partial charge >= 0.3 is 0 Å². The molecule has 2 aromatic heterocycles. The number of thioether (sulfide) groups is 1. The van der Waals surface area contributed by atoms with E-state index in [9.17, 15) is 9.59 Å². The Kier molecular flexibility index (Phi) is 5.52. The van der Waals surface area contributed by atoms with Gasteiger partial charge in [0.15, 0.2) is 10.9 Å². The van der Waals surface area contributed by atoms with E-state index in [1.54, 1.807) is 34.9 Å². The van der Waals surface area contributed by atoms with Gasteiger partial charge in [0, 0.05) is 10.6 Å². The Morgan fingerprint density at radius 1 is 0.970 bits per heavy atom. The van der Waals surface area contributed by atoms with Crippen molar-refractivity contribution >= 4 is 45.8 Å². The fraction of sp³-hybridized carbons (Fsp3) is 0.120. The van der Waals surface area contributed by atoms with E-state index >= 15 is 0 Å². The zero-order chi connectivity index (χ0) is 23.1. The monoisotopic (exact) mass is 474 g/mol. The predicted octanol–water partition coefficient (Wildman–Crippen LogP) is 5.28. The van der Waals surface area contributed by atoms with Crippen molar-refractivity contribution in [3.05, 3.63) is 98.8 Å². The number of carbonyl (C=O) groups excluding carboxylic acids is 1. The standard InChI is InChI=1S/C25H19ClN4O2S/c1-15-11-16(2)13-19(12-15)29-23(32)20-5-3-4-6-21(20)30-24(29)27-28-25(30)33-14-22(31)17-7-9-18(26)10-8-17/h3-13H,14H2,1-2H3. The number of aromatic nitrogens is 4. The number of nitrogens with zero attached hydrogens (tertiary/aromatic N) is 4. The zero-order valence-corrected chi connectivity index (χ0v) is 19.5. The first-order chi connectivity index (χ1) is 15.9. The number of fused-ring (bicyclic) bond motifs is 3. The van der Waals surface area contributed by atoms with Crippen LogP contribution in [0.15, 0.2) is 76.7 Å². The van der Waals surface area contributed by atoms with Crippen LogP contribution in [0, 0.1) is 13.8 Å². The minimum atomic E-state index is -0.163. The van der Waals surface area contributed by atoms with E-state index in [2.05, 4.69) is 16.3 Å². The van der Waals surface area contributed by atoms with Crippen molar-refractivity contribution in [2.75, 3.05) is 5.75 Å². The third kappa shape index (κ3) is 3.94. The number of ketones is 1. The van der Waals surface area contributed by atoms with Gasteiger partial charge in [0.2, 0.25) is 5.78 Å². The molecule has 5 aromatic rings. The van der Waals surface area contributed by atoms with Gasteiger partial charge in [0.25, 0.3) is 5.56 Å². The highest BCUT2D eigenvalue weighted by molar-refractivity contribution is 7.99. The van der Waals surface area contributed by atoms with Crippen LogP contribution in [0.2, 0.25) is 5.02 Å². The predicted molar refractivity (Wildman–Crippen MR) is 132 cm³/mol. The van der Waals surface area contributed by atoms with Crippen LogP contribution in [0.5, 0.6) is 0 Å². The summed E-state index contributed by atoms with van der Waals surface area (Å²) in [4.78, 5) is 26.2. The fourth-order valence-electron chi connectivity index (χ4n) is 3.93. The molecular formula is C25H19ClN4O2S. The molecule has 0 N–H and O–H groups in total. The van der Waals surface area contributed by atoms with Gasteiger partial charge in [0.1, 0.15) is 0 Å². The van der Waals surface area contributed by atoms with Crippen LogP contribution < -0.4 is 5.56 Å². The van der Waals surface area contributed by atoms with Gasteiger partial charge < -0.3 is 0 Å². The van der Waals surface area contributed by atoms with Crippen LogP contribution in [0.4, 0.5) is 0 Å². The summed E-state index contributed by atoms with van der Waals surface area (Å²) >= 11 is 7.21. The molecule has 0 fully saturated rings. The first-order valence-corrected chi connectivity index (χ1v) is 11.7. The Balaban J connectivity index is 1.65. The molecule has 0 unspecified atom stereocenters. The van der Waals surface area contributed by atoms with Crippen molar-refractivity contribution in [3.8, 4) is 5.69 Å². The molecule has 0 saturated carbocycles. The molecule has 0 aliphatic heterocycles. The highest BCUT2D eigenvalue weighted by atomic mass is 35.5. The quantitative estimate of drug-likeness (QED) is 0.256. The number of halogens is 1. The summed E-state index contributed by atoms with van der Waals surface area (Å²) in [5.41, 5.74) is 3.94. The zero-order valence-electron chi connectivity index (χ0n) is 17.9. The minimum absolute atomic E-state index is 0.0413. The number of hydrogen-bond donors (Lipinski definition) is 0. The lowest BCUT2D eigenvalue weighted by molar-refractivity contribution is 0.102. The number of Topliss-reactive ketones (excluding diaryl/α,β-unsaturated/α-hetero) is 1. The molecule has 164 valence electrons. The van der Waals surface area contributed by atoms with E-state index in [1.807, 2.05) is 48.6 Å². The van der Waals surface area contributed by atoms with E-state index in [-0.39, 0.29) is 17.1 Å². The first kappa shape index (κ1) is 21.4. The second-order valence-corrected chi connectivity index (χ2v) is 9.22. The third-order valence-corrected chi connectivity index (χ3v) is 6.54. The number of benzene rings is 3. The average molecular weight is 475 g/mol. The molecule has 0 radical (unpaired) electrons. The molecule has 0 amide bonds. The maximum absolute atomic E-state index is 13.5. The fourth-order valence-corrected chi connectivity index (χ4v) is 4.89. The minimum Gasteiger partial charge on any atom is -0.293 e. The van der Waals surface area contributed by atoms with E-state index in [0.717, 1.165) is 16.8 Å². The summed E-state index contributed by atoms with van der Waals surface area (Å²) in [6, 6.07) is 20.1. The molecule has 6 nitrogen and oxygen atoms in total. The lowest BCUT2D eigenvalue weighted by Crippen LogP contribution is -2.22. The largest absolute Gasteiger partial charge is 0.293 e. The number of carbonyl (C=O) groups is 1. The second-order valence-electron chi connectivity index (χ2n) is 7.84. The lowest BCUT2D eigenvalue weighted by atomic mass is 10.1. The van der Waals surface area contributed by atoms with Crippen molar-refractivity contribution < 1.29 is 4.79 Å². The summed E-state index contributed by atoms with van der Waals surface area (Å²) in [5, 5.41) is 10.4. The highest BCUT2D eigenvalue weighted by Crippen LogP contribution is 2.25. The SMILES string of the molecule is Cc1cc(C)cc(-n2c(=O)c3ccccc3n3c(SCC(=O)c4ccc(Cl)cc4)nnc23)c1. The number of hydrogen-bond acceptors (Lipinski definition) is 5. The van der Waals surface area contributed by atoms with Crippen LogP contribution in [0.25, 0.3) is 22.4 Å². The molecule has 0 aliphatic rings. The number of para-hydroxylation sites is 1. The first-order valence-electron chi connectivity index (χ1n) is 10.3. The second kappa shape index (κ2) is 8.50. The Labute approximate surface area is 198 Å². The smallest absolute Gasteiger partial charge is 0.267 e. The molecule has 8 heteroatoms. The van der Waals surface area contributed by atoms with Gasteiger partial charge in [0.05, 0.1) is 22.3 Å². The Hall–Kier alpha value is -3.42. The maximum Gasteiger partial charge on any atom is 0.267 e. The molecule has 5 rings (SSSR count). The van der Waals surface area contributed by atoms with Gasteiger partial charge in [-0.05, 0) is 73.5 Å². The average Bonchev–Trinajstić information content (AvgIpc) is 3.21. The van der Waals surface area contributed by atoms with E-state index in [0.29, 0.717) is 32.4 Å². The summed E-state index contributed by atoms with van der Waals surface area (Å²) in [5.74, 6) is 0.546. The van der Waals surface area contributed by atoms with Crippen molar-refractivity contribution in [2.45, 2.75) is 19.0 Å². The normalized spacial score (nSPS) is 11.4. The summed E-state index contributed by atoms with van der Waals surface area (Å²) in [7, 11) is 0. The van der Waals surface area contributed by atoms with E-state index in [1.165, 1.54) is 11.8 Å². The maximum atomic E-state index is 13.5. The van der Waals surface area contributed by atoms with Gasteiger partial charge in [-0.2, -0.15) is 0 Å². The molecule has 0 atom stereocenters. The van der Waals surface area contributed by atoms with Crippen LogP contribution in [0.3, 0.4) is 0 Å².